The number of benzene rings is 2. The molecule has 2 rings (SSSR count). The molecular weight excluding hydrogens is 341 g/mol. The van der Waals surface area contributed by atoms with Gasteiger partial charge in [-0.1, -0.05) is 11.6 Å². The Kier molecular flexibility index (Phi) is 5.62. The largest absolute Gasteiger partial charge is 0.492 e. The third-order valence-corrected chi connectivity index (χ3v) is 5.26. The fraction of sp³-hybridized carbons (Fsp3) is 0.250. The molecule has 0 saturated heterocycles. The predicted molar refractivity (Wildman–Crippen MR) is 88.0 cm³/mol. The number of rotatable bonds is 6. The predicted octanol–water partition coefficient (Wildman–Crippen LogP) is 3.45. The monoisotopic (exact) mass is 357 g/mol. The van der Waals surface area contributed by atoms with Gasteiger partial charge in [-0.3, -0.25) is 0 Å². The first-order valence-corrected chi connectivity index (χ1v) is 8.80. The van der Waals surface area contributed by atoms with E-state index in [4.69, 9.17) is 16.3 Å². The summed E-state index contributed by atoms with van der Waals surface area (Å²) >= 11 is 5.92. The summed E-state index contributed by atoms with van der Waals surface area (Å²) in [5.74, 6) is 0.145. The van der Waals surface area contributed by atoms with E-state index in [0.29, 0.717) is 16.3 Å². The lowest BCUT2D eigenvalue weighted by Crippen LogP contribution is -2.28. The van der Waals surface area contributed by atoms with Gasteiger partial charge < -0.3 is 4.74 Å². The Morgan fingerprint density at radius 2 is 1.87 bits per heavy atom. The molecule has 4 nitrogen and oxygen atoms in total. The Labute approximate surface area is 140 Å². The minimum Gasteiger partial charge on any atom is -0.492 e. The third-order valence-electron chi connectivity index (χ3n) is 3.22. The molecule has 0 aliphatic heterocycles. The van der Waals surface area contributed by atoms with Gasteiger partial charge in [0.2, 0.25) is 10.0 Å². The van der Waals surface area contributed by atoms with Crippen molar-refractivity contribution in [3.63, 3.8) is 0 Å². The van der Waals surface area contributed by atoms with Crippen LogP contribution >= 0.6 is 11.6 Å². The van der Waals surface area contributed by atoms with E-state index in [1.54, 1.807) is 25.1 Å². The van der Waals surface area contributed by atoms with Gasteiger partial charge in [-0.15, -0.1) is 0 Å². The zero-order chi connectivity index (χ0) is 17.0. The van der Waals surface area contributed by atoms with Gasteiger partial charge in [0.15, 0.2) is 0 Å². The van der Waals surface area contributed by atoms with Gasteiger partial charge in [0.1, 0.15) is 18.2 Å². The average molecular weight is 358 g/mol. The second-order valence-electron chi connectivity index (χ2n) is 5.07. The number of nitrogens with one attached hydrogen (secondary N) is 1. The van der Waals surface area contributed by atoms with Crippen LogP contribution in [-0.2, 0) is 10.0 Å². The summed E-state index contributed by atoms with van der Waals surface area (Å²) in [6, 6.07) is 8.76. The van der Waals surface area contributed by atoms with Crippen molar-refractivity contribution in [3.8, 4) is 5.75 Å². The highest BCUT2D eigenvalue weighted by molar-refractivity contribution is 7.89. The molecule has 23 heavy (non-hydrogen) atoms. The Bertz CT molecular complexity index is 809. The van der Waals surface area contributed by atoms with E-state index in [0.717, 1.165) is 11.6 Å². The van der Waals surface area contributed by atoms with Crippen molar-refractivity contribution in [1.29, 1.82) is 0 Å². The fourth-order valence-corrected chi connectivity index (χ4v) is 3.40. The lowest BCUT2D eigenvalue weighted by molar-refractivity contribution is 0.322. The van der Waals surface area contributed by atoms with Gasteiger partial charge in [-0.25, -0.2) is 17.5 Å². The van der Waals surface area contributed by atoms with Crippen molar-refractivity contribution in [2.24, 2.45) is 0 Å². The van der Waals surface area contributed by atoms with Crippen molar-refractivity contribution in [2.75, 3.05) is 13.2 Å². The van der Waals surface area contributed by atoms with Gasteiger partial charge >= 0.3 is 0 Å². The van der Waals surface area contributed by atoms with Crippen LogP contribution in [0.5, 0.6) is 5.75 Å². The van der Waals surface area contributed by atoms with Crippen molar-refractivity contribution < 1.29 is 17.5 Å². The highest BCUT2D eigenvalue weighted by Crippen LogP contribution is 2.21. The maximum absolute atomic E-state index is 13.0. The maximum Gasteiger partial charge on any atom is 0.240 e. The van der Waals surface area contributed by atoms with Crippen LogP contribution in [0.15, 0.2) is 41.3 Å². The van der Waals surface area contributed by atoms with Crippen LogP contribution in [0.4, 0.5) is 4.39 Å². The normalized spacial score (nSPS) is 11.5. The molecule has 0 bridgehead atoms. The molecule has 0 spiro atoms. The average Bonchev–Trinajstić information content (AvgIpc) is 2.47. The van der Waals surface area contributed by atoms with E-state index in [2.05, 4.69) is 4.72 Å². The van der Waals surface area contributed by atoms with Crippen LogP contribution in [0.3, 0.4) is 0 Å². The van der Waals surface area contributed by atoms with Gasteiger partial charge in [-0.05, 0) is 61.4 Å². The summed E-state index contributed by atoms with van der Waals surface area (Å²) in [6.07, 6.45) is 0. The summed E-state index contributed by atoms with van der Waals surface area (Å²) < 4.78 is 45.3. The van der Waals surface area contributed by atoms with Crippen molar-refractivity contribution in [3.05, 3.63) is 58.4 Å². The van der Waals surface area contributed by atoms with Crippen LogP contribution < -0.4 is 9.46 Å². The van der Waals surface area contributed by atoms with Gasteiger partial charge in [-0.2, -0.15) is 0 Å². The van der Waals surface area contributed by atoms with E-state index in [1.165, 1.54) is 12.1 Å². The van der Waals surface area contributed by atoms with E-state index in [1.807, 2.05) is 6.92 Å². The molecule has 0 unspecified atom stereocenters. The van der Waals surface area contributed by atoms with Gasteiger partial charge in [0.25, 0.3) is 0 Å². The molecule has 0 fully saturated rings. The molecule has 0 radical (unpaired) electrons. The topological polar surface area (TPSA) is 55.4 Å². The molecule has 2 aromatic carbocycles. The van der Waals surface area contributed by atoms with Crippen molar-refractivity contribution in [2.45, 2.75) is 18.7 Å². The molecular formula is C16H17ClFNO3S. The summed E-state index contributed by atoms with van der Waals surface area (Å²) in [4.78, 5) is 0.0567. The fourth-order valence-electron chi connectivity index (χ4n) is 2.04. The first-order valence-electron chi connectivity index (χ1n) is 6.94. The number of hydrogen-bond donors (Lipinski definition) is 1. The van der Waals surface area contributed by atoms with Crippen LogP contribution in [-0.4, -0.2) is 21.6 Å². The van der Waals surface area contributed by atoms with Crippen LogP contribution in [0, 0.1) is 19.7 Å². The highest BCUT2D eigenvalue weighted by atomic mass is 35.5. The minimum atomic E-state index is -3.69. The Morgan fingerprint density at radius 1 is 1.13 bits per heavy atom. The molecule has 0 aliphatic carbocycles. The highest BCUT2D eigenvalue weighted by Gasteiger charge is 2.16. The van der Waals surface area contributed by atoms with E-state index < -0.39 is 15.8 Å². The van der Waals surface area contributed by atoms with Gasteiger partial charge in [0.05, 0.1) is 4.90 Å². The van der Waals surface area contributed by atoms with E-state index in [-0.39, 0.29) is 18.0 Å². The molecule has 124 valence electrons. The molecule has 0 amide bonds. The summed E-state index contributed by atoms with van der Waals surface area (Å²) in [5.41, 5.74) is 1.23. The standard InChI is InChI=1S/C16H17ClFNO3S/c1-11-10-14(4-5-15(11)17)22-8-7-19-23(20,21)16-6-3-13(18)9-12(16)2/h3-6,9-10,19H,7-8H2,1-2H3. The maximum atomic E-state index is 13.0. The number of halogens is 2. The third kappa shape index (κ3) is 4.67. The number of aryl methyl sites for hydroxylation is 2. The molecule has 0 atom stereocenters. The summed E-state index contributed by atoms with van der Waals surface area (Å²) in [7, 11) is -3.69. The molecule has 0 aliphatic rings. The van der Waals surface area contributed by atoms with Crippen LogP contribution in [0.1, 0.15) is 11.1 Å². The molecule has 0 aromatic heterocycles. The zero-order valence-electron chi connectivity index (χ0n) is 12.8. The lowest BCUT2D eigenvalue weighted by Gasteiger charge is -2.11. The number of hydrogen-bond acceptors (Lipinski definition) is 3. The SMILES string of the molecule is Cc1cc(OCCNS(=O)(=O)c2ccc(F)cc2C)ccc1Cl. The summed E-state index contributed by atoms with van der Waals surface area (Å²) in [6.45, 7) is 3.67. The molecule has 2 aromatic rings. The Hall–Kier alpha value is -1.63. The van der Waals surface area contributed by atoms with Crippen molar-refractivity contribution in [1.82, 2.24) is 4.72 Å². The van der Waals surface area contributed by atoms with Crippen LogP contribution in [0.2, 0.25) is 5.02 Å². The second-order valence-corrected chi connectivity index (χ2v) is 7.21. The number of ether oxygens (including phenoxy) is 1. The van der Waals surface area contributed by atoms with Gasteiger partial charge in [0, 0.05) is 11.6 Å². The van der Waals surface area contributed by atoms with Crippen LogP contribution in [0.25, 0.3) is 0 Å². The lowest BCUT2D eigenvalue weighted by atomic mass is 10.2. The summed E-state index contributed by atoms with van der Waals surface area (Å²) in [5, 5.41) is 0.643. The van der Waals surface area contributed by atoms with Crippen molar-refractivity contribution >= 4 is 21.6 Å². The minimum absolute atomic E-state index is 0.0567. The molecule has 7 heteroatoms. The quantitative estimate of drug-likeness (QED) is 0.805. The van der Waals surface area contributed by atoms with E-state index >= 15 is 0 Å². The molecule has 0 saturated carbocycles. The Balaban J connectivity index is 1.93. The Morgan fingerprint density at radius 3 is 2.52 bits per heavy atom. The first kappa shape index (κ1) is 17.7. The molecule has 0 heterocycles. The number of sulfonamides is 1. The second kappa shape index (κ2) is 7.29. The molecule has 1 N–H and O–H groups in total. The first-order chi connectivity index (χ1) is 10.8. The zero-order valence-corrected chi connectivity index (χ0v) is 14.3. The van der Waals surface area contributed by atoms with E-state index in [9.17, 15) is 12.8 Å². The smallest absolute Gasteiger partial charge is 0.240 e.